The highest BCUT2D eigenvalue weighted by molar-refractivity contribution is 7.14. The smallest absolute Gasteiger partial charge is 0.261 e. The third kappa shape index (κ3) is 3.55. The van der Waals surface area contributed by atoms with Crippen molar-refractivity contribution in [1.82, 2.24) is 4.98 Å². The average Bonchev–Trinajstić information content (AvgIpc) is 3.11. The number of para-hydroxylation sites is 1. The van der Waals surface area contributed by atoms with Crippen molar-refractivity contribution < 1.29 is 14.3 Å². The molecule has 3 rings (SSSR count). The van der Waals surface area contributed by atoms with Crippen molar-refractivity contribution in [2.24, 2.45) is 0 Å². The highest BCUT2D eigenvalue weighted by Crippen LogP contribution is 2.32. The fourth-order valence-electron chi connectivity index (χ4n) is 2.70. The molecular weight excluding hydrogens is 348 g/mol. The van der Waals surface area contributed by atoms with Crippen LogP contribution in [0.4, 0.5) is 5.13 Å². The van der Waals surface area contributed by atoms with E-state index >= 15 is 0 Å². The second-order valence-electron chi connectivity index (χ2n) is 5.85. The number of aromatic nitrogens is 1. The van der Waals surface area contributed by atoms with Gasteiger partial charge in [0.15, 0.2) is 16.6 Å². The monoisotopic (exact) mass is 368 g/mol. The first-order chi connectivity index (χ1) is 12.5. The highest BCUT2D eigenvalue weighted by atomic mass is 32.1. The molecule has 1 N–H and O–H groups in total. The van der Waals surface area contributed by atoms with Crippen LogP contribution in [0.1, 0.15) is 21.5 Å². The Morgan fingerprint density at radius 3 is 2.65 bits per heavy atom. The van der Waals surface area contributed by atoms with Gasteiger partial charge in [-0.2, -0.15) is 0 Å². The maximum Gasteiger partial charge on any atom is 0.261 e. The Labute approximate surface area is 156 Å². The topological polar surface area (TPSA) is 60.5 Å². The Morgan fingerprint density at radius 2 is 1.92 bits per heavy atom. The van der Waals surface area contributed by atoms with Crippen molar-refractivity contribution in [2.75, 3.05) is 19.5 Å². The van der Waals surface area contributed by atoms with E-state index in [0.29, 0.717) is 22.2 Å². The number of aryl methyl sites for hydroxylation is 2. The zero-order chi connectivity index (χ0) is 18.7. The maximum atomic E-state index is 12.6. The molecule has 0 aliphatic heterocycles. The van der Waals surface area contributed by atoms with E-state index in [-0.39, 0.29) is 5.91 Å². The van der Waals surface area contributed by atoms with Crippen LogP contribution in [0.15, 0.2) is 41.8 Å². The van der Waals surface area contributed by atoms with Crippen LogP contribution >= 0.6 is 11.3 Å². The number of carbonyl (C=O) groups is 1. The number of thiazole rings is 1. The molecule has 0 atom stereocenters. The summed E-state index contributed by atoms with van der Waals surface area (Å²) in [7, 11) is 3.05. The zero-order valence-electron chi connectivity index (χ0n) is 15.1. The van der Waals surface area contributed by atoms with E-state index in [1.54, 1.807) is 18.2 Å². The number of benzene rings is 2. The van der Waals surface area contributed by atoms with E-state index in [1.165, 1.54) is 31.1 Å². The lowest BCUT2D eigenvalue weighted by molar-refractivity contribution is 0.102. The second-order valence-corrected chi connectivity index (χ2v) is 6.71. The Kier molecular flexibility index (Phi) is 5.23. The molecule has 1 heterocycles. The fourth-order valence-corrected chi connectivity index (χ4v) is 3.40. The molecule has 0 radical (unpaired) electrons. The van der Waals surface area contributed by atoms with Crippen LogP contribution in [0.2, 0.25) is 0 Å². The minimum atomic E-state index is -0.289. The third-order valence-corrected chi connectivity index (χ3v) is 4.80. The summed E-state index contributed by atoms with van der Waals surface area (Å²) in [4.78, 5) is 17.2. The van der Waals surface area contributed by atoms with Crippen molar-refractivity contribution in [2.45, 2.75) is 13.8 Å². The van der Waals surface area contributed by atoms with Gasteiger partial charge in [-0.1, -0.05) is 23.8 Å². The van der Waals surface area contributed by atoms with Crippen molar-refractivity contribution >= 4 is 22.4 Å². The Balaban J connectivity index is 1.86. The second kappa shape index (κ2) is 7.58. The Bertz CT molecular complexity index is 950. The SMILES string of the molecule is COc1cccc(C(=O)Nc2nc(-c3cc(C)ccc3C)cs2)c1OC. The normalized spacial score (nSPS) is 10.5. The summed E-state index contributed by atoms with van der Waals surface area (Å²) >= 11 is 1.39. The lowest BCUT2D eigenvalue weighted by Gasteiger charge is -2.11. The van der Waals surface area contributed by atoms with Gasteiger partial charge in [0.1, 0.15) is 0 Å². The van der Waals surface area contributed by atoms with Crippen LogP contribution in [-0.2, 0) is 0 Å². The van der Waals surface area contributed by atoms with Gasteiger partial charge in [-0.3, -0.25) is 10.1 Å². The average molecular weight is 368 g/mol. The summed E-state index contributed by atoms with van der Waals surface area (Å²) in [6.45, 7) is 4.10. The molecule has 6 heteroatoms. The van der Waals surface area contributed by atoms with Crippen LogP contribution in [0.25, 0.3) is 11.3 Å². The van der Waals surface area contributed by atoms with Crippen LogP contribution in [-0.4, -0.2) is 25.1 Å². The lowest BCUT2D eigenvalue weighted by Crippen LogP contribution is -2.13. The number of rotatable bonds is 5. The molecule has 0 fully saturated rings. The van der Waals surface area contributed by atoms with Gasteiger partial charge in [-0.15, -0.1) is 11.3 Å². The first-order valence-corrected chi connectivity index (χ1v) is 8.97. The van der Waals surface area contributed by atoms with Crippen LogP contribution in [0, 0.1) is 13.8 Å². The number of methoxy groups -OCH3 is 2. The van der Waals surface area contributed by atoms with E-state index in [1.807, 2.05) is 19.2 Å². The summed E-state index contributed by atoms with van der Waals surface area (Å²) in [6, 6.07) is 11.4. The largest absolute Gasteiger partial charge is 0.493 e. The number of nitrogens with one attached hydrogen (secondary N) is 1. The van der Waals surface area contributed by atoms with Crippen molar-refractivity contribution in [3.8, 4) is 22.8 Å². The summed E-state index contributed by atoms with van der Waals surface area (Å²) in [5.41, 5.74) is 4.64. The van der Waals surface area contributed by atoms with Crippen molar-refractivity contribution in [3.05, 3.63) is 58.5 Å². The molecule has 1 amide bonds. The number of hydrogen-bond acceptors (Lipinski definition) is 5. The number of amides is 1. The minimum absolute atomic E-state index is 0.289. The molecule has 0 aliphatic rings. The molecule has 0 unspecified atom stereocenters. The minimum Gasteiger partial charge on any atom is -0.493 e. The molecule has 134 valence electrons. The van der Waals surface area contributed by atoms with Crippen molar-refractivity contribution in [1.29, 1.82) is 0 Å². The molecule has 0 spiro atoms. The summed E-state index contributed by atoms with van der Waals surface area (Å²) < 4.78 is 10.6. The predicted molar refractivity (Wildman–Crippen MR) is 105 cm³/mol. The van der Waals surface area contributed by atoms with E-state index in [9.17, 15) is 4.79 Å². The van der Waals surface area contributed by atoms with E-state index < -0.39 is 0 Å². The Morgan fingerprint density at radius 1 is 1.12 bits per heavy atom. The first-order valence-electron chi connectivity index (χ1n) is 8.09. The molecule has 0 bridgehead atoms. The molecule has 5 nitrogen and oxygen atoms in total. The Hall–Kier alpha value is -2.86. The number of carbonyl (C=O) groups excluding carboxylic acids is 1. The summed E-state index contributed by atoms with van der Waals surface area (Å²) in [5, 5.41) is 5.32. The molecule has 26 heavy (non-hydrogen) atoms. The summed E-state index contributed by atoms with van der Waals surface area (Å²) in [5.74, 6) is 0.622. The van der Waals surface area contributed by atoms with Crippen LogP contribution in [0.5, 0.6) is 11.5 Å². The quantitative estimate of drug-likeness (QED) is 0.709. The summed E-state index contributed by atoms with van der Waals surface area (Å²) in [6.07, 6.45) is 0. The van der Waals surface area contributed by atoms with Gasteiger partial charge >= 0.3 is 0 Å². The number of anilines is 1. The van der Waals surface area contributed by atoms with Gasteiger partial charge in [0.2, 0.25) is 0 Å². The van der Waals surface area contributed by atoms with Gasteiger partial charge in [0.05, 0.1) is 25.5 Å². The first kappa shape index (κ1) is 17.9. The lowest BCUT2D eigenvalue weighted by atomic mass is 10.0. The molecule has 0 aliphatic carbocycles. The fraction of sp³-hybridized carbons (Fsp3) is 0.200. The van der Waals surface area contributed by atoms with E-state index in [4.69, 9.17) is 9.47 Å². The number of hydrogen-bond donors (Lipinski definition) is 1. The van der Waals surface area contributed by atoms with Crippen molar-refractivity contribution in [3.63, 3.8) is 0 Å². The number of ether oxygens (including phenoxy) is 2. The van der Waals surface area contributed by atoms with E-state index in [2.05, 4.69) is 28.5 Å². The highest BCUT2D eigenvalue weighted by Gasteiger charge is 2.18. The van der Waals surface area contributed by atoms with E-state index in [0.717, 1.165) is 16.8 Å². The maximum absolute atomic E-state index is 12.6. The number of nitrogens with zero attached hydrogens (tertiary/aromatic N) is 1. The van der Waals surface area contributed by atoms with Crippen LogP contribution in [0.3, 0.4) is 0 Å². The van der Waals surface area contributed by atoms with Gasteiger partial charge in [-0.05, 0) is 37.6 Å². The molecule has 3 aromatic rings. The molecule has 1 aromatic heterocycles. The van der Waals surface area contributed by atoms with Gasteiger partial charge in [-0.25, -0.2) is 4.98 Å². The molecule has 0 saturated heterocycles. The predicted octanol–water partition coefficient (Wildman–Crippen LogP) is 4.70. The molecular formula is C20H20N2O3S. The standard InChI is InChI=1S/C20H20N2O3S/c1-12-8-9-13(2)15(10-12)16-11-26-20(21-16)22-19(23)14-6-5-7-17(24-3)18(14)25-4/h5-11H,1-4H3,(H,21,22,23). The van der Waals surface area contributed by atoms with Gasteiger partial charge < -0.3 is 9.47 Å². The van der Waals surface area contributed by atoms with Gasteiger partial charge in [0, 0.05) is 10.9 Å². The van der Waals surface area contributed by atoms with Gasteiger partial charge in [0.25, 0.3) is 5.91 Å². The molecule has 0 saturated carbocycles. The third-order valence-electron chi connectivity index (χ3n) is 4.04. The van der Waals surface area contributed by atoms with Crippen LogP contribution < -0.4 is 14.8 Å². The molecule has 2 aromatic carbocycles. The zero-order valence-corrected chi connectivity index (χ0v) is 15.9.